The van der Waals surface area contributed by atoms with Crippen LogP contribution < -0.4 is 5.69 Å². The van der Waals surface area contributed by atoms with Gasteiger partial charge in [0.1, 0.15) is 5.15 Å². The molecule has 2 aromatic carbocycles. The van der Waals surface area contributed by atoms with Gasteiger partial charge >= 0.3 is 5.69 Å². The van der Waals surface area contributed by atoms with Crippen LogP contribution in [0, 0.1) is 6.92 Å². The van der Waals surface area contributed by atoms with E-state index in [4.69, 9.17) is 11.6 Å². The van der Waals surface area contributed by atoms with Gasteiger partial charge in [-0.15, -0.1) is 0 Å². The number of pyridine rings is 1. The van der Waals surface area contributed by atoms with Crippen molar-refractivity contribution in [3.05, 3.63) is 81.9 Å². The topological polar surface area (TPSA) is 58.6 Å². The Kier molecular flexibility index (Phi) is 3.82. The van der Waals surface area contributed by atoms with Crippen LogP contribution in [-0.4, -0.2) is 15.0 Å². The van der Waals surface area contributed by atoms with Crippen LogP contribution in [0.5, 0.6) is 0 Å². The van der Waals surface area contributed by atoms with Gasteiger partial charge in [0.25, 0.3) is 0 Å². The van der Waals surface area contributed by atoms with Crippen molar-refractivity contribution in [3.8, 4) is 22.5 Å². The lowest BCUT2D eigenvalue weighted by Gasteiger charge is -2.09. The molecule has 0 spiro atoms. The number of H-pyrrole nitrogens is 1. The summed E-state index contributed by atoms with van der Waals surface area (Å²) in [5.41, 5.74) is 4.23. The van der Waals surface area contributed by atoms with Crippen molar-refractivity contribution in [2.45, 2.75) is 6.92 Å². The smallest absolute Gasteiger partial charge is 0.305 e. The van der Waals surface area contributed by atoms with E-state index in [1.54, 1.807) is 0 Å². The zero-order valence-corrected chi connectivity index (χ0v) is 14.2. The fourth-order valence-electron chi connectivity index (χ4n) is 2.87. The molecule has 5 heteroatoms. The summed E-state index contributed by atoms with van der Waals surface area (Å²) in [5, 5.41) is 1.32. The third-order valence-electron chi connectivity index (χ3n) is 4.11. The molecule has 0 aliphatic carbocycles. The Morgan fingerprint density at radius 1 is 0.960 bits per heavy atom. The first-order valence-electron chi connectivity index (χ1n) is 7.85. The summed E-state index contributed by atoms with van der Waals surface area (Å²) < 4.78 is 0. The molecule has 2 aromatic heterocycles. The summed E-state index contributed by atoms with van der Waals surface area (Å²) in [4.78, 5) is 23.4. The molecule has 4 aromatic rings. The summed E-state index contributed by atoms with van der Waals surface area (Å²) >= 11 is 6.41. The highest BCUT2D eigenvalue weighted by Gasteiger charge is 2.12. The summed E-state index contributed by atoms with van der Waals surface area (Å²) in [6.07, 6.45) is 0. The number of halogens is 1. The fourth-order valence-corrected chi connectivity index (χ4v) is 3.11. The number of nitrogens with one attached hydrogen (secondary N) is 1. The molecule has 0 fully saturated rings. The number of nitrogens with zero attached hydrogens (tertiary/aromatic N) is 2. The first-order chi connectivity index (χ1) is 12.1. The van der Waals surface area contributed by atoms with Gasteiger partial charge in [0.15, 0.2) is 0 Å². The Hall–Kier alpha value is -2.98. The molecule has 0 aliphatic heterocycles. The van der Waals surface area contributed by atoms with Crippen molar-refractivity contribution < 1.29 is 0 Å². The van der Waals surface area contributed by atoms with Gasteiger partial charge in [0, 0.05) is 16.5 Å². The Morgan fingerprint density at radius 2 is 1.76 bits per heavy atom. The van der Waals surface area contributed by atoms with Crippen molar-refractivity contribution in [1.82, 2.24) is 15.0 Å². The maximum Gasteiger partial charge on any atom is 0.345 e. The van der Waals surface area contributed by atoms with Gasteiger partial charge in [-0.2, -0.15) is 4.98 Å². The van der Waals surface area contributed by atoms with Crippen LogP contribution in [0.3, 0.4) is 0 Å². The zero-order valence-electron chi connectivity index (χ0n) is 13.5. The molecule has 4 nitrogen and oxygen atoms in total. The van der Waals surface area contributed by atoms with E-state index in [0.29, 0.717) is 22.1 Å². The number of aromatic nitrogens is 3. The first kappa shape index (κ1) is 15.5. The van der Waals surface area contributed by atoms with E-state index >= 15 is 0 Å². The molecular weight excluding hydrogens is 334 g/mol. The van der Waals surface area contributed by atoms with Crippen LogP contribution in [0.4, 0.5) is 0 Å². The second-order valence-electron chi connectivity index (χ2n) is 5.82. The minimum atomic E-state index is -0.420. The summed E-state index contributed by atoms with van der Waals surface area (Å²) in [7, 11) is 0. The summed E-state index contributed by atoms with van der Waals surface area (Å²) in [6, 6.07) is 19.3. The molecule has 0 saturated heterocycles. The first-order valence-corrected chi connectivity index (χ1v) is 8.22. The van der Waals surface area contributed by atoms with Gasteiger partial charge in [0.2, 0.25) is 0 Å². The highest BCUT2D eigenvalue weighted by atomic mass is 35.5. The van der Waals surface area contributed by atoms with E-state index in [1.807, 2.05) is 67.6 Å². The maximum absolute atomic E-state index is 12.1. The molecule has 0 bridgehead atoms. The van der Waals surface area contributed by atoms with E-state index in [-0.39, 0.29) is 0 Å². The predicted molar refractivity (Wildman–Crippen MR) is 101 cm³/mol. The monoisotopic (exact) mass is 347 g/mol. The normalized spacial score (nSPS) is 11.0. The Balaban J connectivity index is 1.93. The standard InChI is InChI=1S/C20H14ClN3O/c1-12-6-5-9-14-10-15(19(21)24-18(12)14)17-11-16(22-20(25)23-17)13-7-3-2-4-8-13/h2-11H,1H3,(H,22,23,25). The van der Waals surface area contributed by atoms with Crippen LogP contribution in [-0.2, 0) is 0 Å². The van der Waals surface area contributed by atoms with Gasteiger partial charge in [-0.25, -0.2) is 9.78 Å². The average molecular weight is 348 g/mol. The minimum absolute atomic E-state index is 0.350. The highest BCUT2D eigenvalue weighted by Crippen LogP contribution is 2.30. The Bertz CT molecular complexity index is 1140. The van der Waals surface area contributed by atoms with Crippen molar-refractivity contribution in [2.75, 3.05) is 0 Å². The van der Waals surface area contributed by atoms with Crippen molar-refractivity contribution >= 4 is 22.5 Å². The maximum atomic E-state index is 12.1. The number of hydrogen-bond donors (Lipinski definition) is 1. The van der Waals surface area contributed by atoms with Crippen LogP contribution in [0.2, 0.25) is 5.15 Å². The fraction of sp³-hybridized carbons (Fsp3) is 0.0500. The lowest BCUT2D eigenvalue weighted by Crippen LogP contribution is -2.12. The van der Waals surface area contributed by atoms with Crippen LogP contribution in [0.15, 0.2) is 65.5 Å². The highest BCUT2D eigenvalue weighted by molar-refractivity contribution is 6.32. The second kappa shape index (κ2) is 6.15. The molecule has 0 unspecified atom stereocenters. The molecule has 122 valence electrons. The van der Waals surface area contributed by atoms with Gasteiger partial charge in [0.05, 0.1) is 16.9 Å². The predicted octanol–water partition coefficient (Wildman–Crippen LogP) is 4.61. The van der Waals surface area contributed by atoms with Gasteiger partial charge in [-0.05, 0) is 24.6 Å². The van der Waals surface area contributed by atoms with Gasteiger partial charge in [-0.3, -0.25) is 0 Å². The lowest BCUT2D eigenvalue weighted by atomic mass is 10.1. The second-order valence-corrected chi connectivity index (χ2v) is 6.18. The Labute approximate surface area is 149 Å². The number of para-hydroxylation sites is 1. The molecule has 0 saturated carbocycles. The molecule has 0 atom stereocenters. The molecule has 2 heterocycles. The van der Waals surface area contributed by atoms with Crippen molar-refractivity contribution in [2.24, 2.45) is 0 Å². The Morgan fingerprint density at radius 3 is 2.56 bits per heavy atom. The molecule has 0 aliphatic rings. The number of rotatable bonds is 2. The number of aryl methyl sites for hydroxylation is 1. The van der Waals surface area contributed by atoms with E-state index in [0.717, 1.165) is 22.0 Å². The number of benzene rings is 2. The van der Waals surface area contributed by atoms with Crippen LogP contribution >= 0.6 is 11.6 Å². The quantitative estimate of drug-likeness (QED) is 0.538. The summed E-state index contributed by atoms with van der Waals surface area (Å²) in [6.45, 7) is 1.99. The van der Waals surface area contributed by atoms with Gasteiger partial charge < -0.3 is 4.98 Å². The molecule has 4 rings (SSSR count). The molecular formula is C20H14ClN3O. The third-order valence-corrected chi connectivity index (χ3v) is 4.39. The number of fused-ring (bicyclic) bond motifs is 1. The largest absolute Gasteiger partial charge is 0.345 e. The zero-order chi connectivity index (χ0) is 17.4. The molecule has 1 N–H and O–H groups in total. The molecule has 0 radical (unpaired) electrons. The van der Waals surface area contributed by atoms with Crippen LogP contribution in [0.25, 0.3) is 33.4 Å². The van der Waals surface area contributed by atoms with E-state index in [1.165, 1.54) is 0 Å². The van der Waals surface area contributed by atoms with Crippen LogP contribution in [0.1, 0.15) is 5.56 Å². The number of hydrogen-bond acceptors (Lipinski definition) is 3. The minimum Gasteiger partial charge on any atom is -0.305 e. The molecule has 0 amide bonds. The van der Waals surface area contributed by atoms with Gasteiger partial charge in [-0.1, -0.05) is 60.1 Å². The van der Waals surface area contributed by atoms with Crippen molar-refractivity contribution in [3.63, 3.8) is 0 Å². The lowest BCUT2D eigenvalue weighted by molar-refractivity contribution is 1.08. The SMILES string of the molecule is Cc1cccc2cc(-c3cc(-c4ccccc4)nc(=O)[nH]3)c(Cl)nc12. The van der Waals surface area contributed by atoms with E-state index < -0.39 is 5.69 Å². The number of aromatic amines is 1. The van der Waals surface area contributed by atoms with E-state index in [2.05, 4.69) is 15.0 Å². The third kappa shape index (κ3) is 2.92. The molecule has 25 heavy (non-hydrogen) atoms. The van der Waals surface area contributed by atoms with Crippen molar-refractivity contribution in [1.29, 1.82) is 0 Å². The average Bonchev–Trinajstić information content (AvgIpc) is 2.62. The summed E-state index contributed by atoms with van der Waals surface area (Å²) in [5.74, 6) is 0. The van der Waals surface area contributed by atoms with E-state index in [9.17, 15) is 4.79 Å².